The monoisotopic (exact) mass is 296 g/mol. The van der Waals surface area contributed by atoms with Crippen molar-refractivity contribution in [2.24, 2.45) is 0 Å². The first-order valence-corrected chi connectivity index (χ1v) is 7.17. The summed E-state index contributed by atoms with van der Waals surface area (Å²) in [7, 11) is 0. The van der Waals surface area contributed by atoms with Crippen LogP contribution in [0.2, 0.25) is 5.15 Å². The lowest BCUT2D eigenvalue weighted by atomic mass is 10.1. The fourth-order valence-corrected chi connectivity index (χ4v) is 2.84. The summed E-state index contributed by atoms with van der Waals surface area (Å²) >= 11 is 12.0. The van der Waals surface area contributed by atoms with Crippen LogP contribution < -0.4 is 4.90 Å². The first kappa shape index (κ1) is 13.0. The van der Waals surface area contributed by atoms with E-state index in [1.54, 1.807) is 0 Å². The summed E-state index contributed by atoms with van der Waals surface area (Å²) in [5.74, 6) is 0.379. The highest BCUT2D eigenvalue weighted by molar-refractivity contribution is 6.31. The number of ether oxygens (including phenoxy) is 1. The Balaban J connectivity index is 2.11. The van der Waals surface area contributed by atoms with E-state index in [2.05, 4.69) is 16.0 Å². The van der Waals surface area contributed by atoms with Gasteiger partial charge in [-0.15, -0.1) is 11.6 Å². The molecule has 3 rings (SSSR count). The first-order chi connectivity index (χ1) is 9.29. The maximum absolute atomic E-state index is 6.18. The Kier molecular flexibility index (Phi) is 3.78. The average molecular weight is 297 g/mol. The molecular formula is C14H14Cl2N2O. The van der Waals surface area contributed by atoms with E-state index in [1.807, 2.05) is 18.2 Å². The van der Waals surface area contributed by atoms with Crippen molar-refractivity contribution in [3.8, 4) is 0 Å². The summed E-state index contributed by atoms with van der Waals surface area (Å²) in [5, 5.41) is 1.56. The number of pyridine rings is 1. The van der Waals surface area contributed by atoms with Gasteiger partial charge in [0.25, 0.3) is 0 Å². The van der Waals surface area contributed by atoms with Crippen molar-refractivity contribution in [1.29, 1.82) is 0 Å². The van der Waals surface area contributed by atoms with Gasteiger partial charge in [-0.05, 0) is 12.1 Å². The van der Waals surface area contributed by atoms with Crippen molar-refractivity contribution < 1.29 is 4.74 Å². The molecule has 0 amide bonds. The van der Waals surface area contributed by atoms with Crippen LogP contribution in [0.25, 0.3) is 10.9 Å². The molecule has 1 fully saturated rings. The molecule has 5 heteroatoms. The zero-order valence-electron chi connectivity index (χ0n) is 10.4. The third kappa shape index (κ3) is 2.50. The number of aromatic nitrogens is 1. The minimum atomic E-state index is 0.379. The Labute approximate surface area is 122 Å². The van der Waals surface area contributed by atoms with E-state index in [4.69, 9.17) is 27.9 Å². The highest BCUT2D eigenvalue weighted by atomic mass is 35.5. The molecule has 0 atom stereocenters. The lowest BCUT2D eigenvalue weighted by Gasteiger charge is -2.29. The molecule has 0 saturated carbocycles. The van der Waals surface area contributed by atoms with Crippen LogP contribution in [0.3, 0.4) is 0 Å². The van der Waals surface area contributed by atoms with E-state index in [9.17, 15) is 0 Å². The van der Waals surface area contributed by atoms with Gasteiger partial charge in [0.2, 0.25) is 0 Å². The predicted molar refractivity (Wildman–Crippen MR) is 79.3 cm³/mol. The number of fused-ring (bicyclic) bond motifs is 1. The number of morpholine rings is 1. The number of rotatable bonds is 2. The Morgan fingerprint density at radius 2 is 2.05 bits per heavy atom. The molecule has 1 aliphatic heterocycles. The van der Waals surface area contributed by atoms with E-state index in [0.29, 0.717) is 11.0 Å². The second-order valence-corrected chi connectivity index (χ2v) is 5.15. The van der Waals surface area contributed by atoms with Gasteiger partial charge in [-0.2, -0.15) is 0 Å². The van der Waals surface area contributed by atoms with E-state index in [-0.39, 0.29) is 0 Å². The number of hydrogen-bond acceptors (Lipinski definition) is 3. The van der Waals surface area contributed by atoms with Crippen LogP contribution in [0.1, 0.15) is 5.56 Å². The summed E-state index contributed by atoms with van der Waals surface area (Å²) in [6.07, 6.45) is 0. The summed E-state index contributed by atoms with van der Waals surface area (Å²) in [6.45, 7) is 3.28. The standard InChI is InChI=1S/C14H14Cl2N2O/c15-9-11-8-10-2-1-3-12(13(10)17-14(11)16)18-4-6-19-7-5-18/h1-3,8H,4-7,9H2. The molecule has 100 valence electrons. The van der Waals surface area contributed by atoms with Crippen molar-refractivity contribution >= 4 is 39.8 Å². The SMILES string of the molecule is ClCc1cc2cccc(N3CCOCC3)c2nc1Cl. The third-order valence-electron chi connectivity index (χ3n) is 3.35. The van der Waals surface area contributed by atoms with Crippen molar-refractivity contribution in [1.82, 2.24) is 4.98 Å². The highest BCUT2D eigenvalue weighted by Crippen LogP contribution is 2.29. The molecule has 0 unspecified atom stereocenters. The quantitative estimate of drug-likeness (QED) is 0.627. The number of alkyl halides is 1. The molecule has 1 aliphatic rings. The van der Waals surface area contributed by atoms with Gasteiger partial charge in [0.1, 0.15) is 5.15 Å². The molecule has 0 spiro atoms. The topological polar surface area (TPSA) is 25.4 Å². The predicted octanol–water partition coefficient (Wildman–Crippen LogP) is 3.46. The van der Waals surface area contributed by atoms with Gasteiger partial charge in [-0.25, -0.2) is 4.98 Å². The number of para-hydroxylation sites is 1. The second-order valence-electron chi connectivity index (χ2n) is 4.52. The number of hydrogen-bond donors (Lipinski definition) is 0. The molecule has 3 nitrogen and oxygen atoms in total. The van der Waals surface area contributed by atoms with Crippen LogP contribution in [-0.4, -0.2) is 31.3 Å². The van der Waals surface area contributed by atoms with Crippen LogP contribution in [0, 0.1) is 0 Å². The molecular weight excluding hydrogens is 283 g/mol. The highest BCUT2D eigenvalue weighted by Gasteiger charge is 2.15. The van der Waals surface area contributed by atoms with E-state index in [0.717, 1.165) is 48.5 Å². The van der Waals surface area contributed by atoms with Crippen molar-refractivity contribution in [2.75, 3.05) is 31.2 Å². The van der Waals surface area contributed by atoms with E-state index >= 15 is 0 Å². The average Bonchev–Trinajstić information content (AvgIpc) is 2.47. The van der Waals surface area contributed by atoms with Gasteiger partial charge in [-0.3, -0.25) is 0 Å². The van der Waals surface area contributed by atoms with Crippen LogP contribution >= 0.6 is 23.2 Å². The Morgan fingerprint density at radius 1 is 1.26 bits per heavy atom. The van der Waals surface area contributed by atoms with E-state index < -0.39 is 0 Å². The minimum absolute atomic E-state index is 0.379. The third-order valence-corrected chi connectivity index (χ3v) is 3.96. The molecule has 2 heterocycles. The molecule has 19 heavy (non-hydrogen) atoms. The molecule has 1 saturated heterocycles. The Bertz CT molecular complexity index is 597. The van der Waals surface area contributed by atoms with Gasteiger partial charge >= 0.3 is 0 Å². The molecule has 0 radical (unpaired) electrons. The largest absolute Gasteiger partial charge is 0.378 e. The fraction of sp³-hybridized carbons (Fsp3) is 0.357. The van der Waals surface area contributed by atoms with Crippen LogP contribution in [-0.2, 0) is 10.6 Å². The van der Waals surface area contributed by atoms with Crippen molar-refractivity contribution in [3.63, 3.8) is 0 Å². The fourth-order valence-electron chi connectivity index (χ4n) is 2.36. The second kappa shape index (κ2) is 5.53. The van der Waals surface area contributed by atoms with Gasteiger partial charge in [0, 0.05) is 24.0 Å². The summed E-state index contributed by atoms with van der Waals surface area (Å²) < 4.78 is 5.39. The van der Waals surface area contributed by atoms with Crippen LogP contribution in [0.15, 0.2) is 24.3 Å². The zero-order valence-corrected chi connectivity index (χ0v) is 11.9. The van der Waals surface area contributed by atoms with E-state index in [1.165, 1.54) is 0 Å². The maximum Gasteiger partial charge on any atom is 0.134 e. The summed E-state index contributed by atoms with van der Waals surface area (Å²) in [6, 6.07) is 8.18. The normalized spacial score (nSPS) is 16.0. The molecule has 1 aromatic carbocycles. The van der Waals surface area contributed by atoms with Crippen molar-refractivity contribution in [2.45, 2.75) is 5.88 Å². The number of nitrogens with zero attached hydrogens (tertiary/aromatic N) is 2. The smallest absolute Gasteiger partial charge is 0.134 e. The van der Waals surface area contributed by atoms with Crippen LogP contribution in [0.4, 0.5) is 5.69 Å². The number of benzene rings is 1. The molecule has 1 aromatic heterocycles. The molecule has 0 bridgehead atoms. The maximum atomic E-state index is 6.18. The van der Waals surface area contributed by atoms with Gasteiger partial charge in [0.15, 0.2) is 0 Å². The minimum Gasteiger partial charge on any atom is -0.378 e. The number of halogens is 2. The van der Waals surface area contributed by atoms with Crippen LogP contribution in [0.5, 0.6) is 0 Å². The van der Waals surface area contributed by atoms with Gasteiger partial charge in [0.05, 0.1) is 30.3 Å². The van der Waals surface area contributed by atoms with Crippen molar-refractivity contribution in [3.05, 3.63) is 35.0 Å². The lowest BCUT2D eigenvalue weighted by Crippen LogP contribution is -2.36. The van der Waals surface area contributed by atoms with Gasteiger partial charge in [-0.1, -0.05) is 23.7 Å². The molecule has 0 aliphatic carbocycles. The summed E-state index contributed by atoms with van der Waals surface area (Å²) in [5.41, 5.74) is 2.92. The first-order valence-electron chi connectivity index (χ1n) is 6.26. The Hall–Kier alpha value is -1.03. The molecule has 0 N–H and O–H groups in total. The Morgan fingerprint density at radius 3 is 2.79 bits per heavy atom. The summed E-state index contributed by atoms with van der Waals surface area (Å²) in [4.78, 5) is 6.81. The zero-order chi connectivity index (χ0) is 13.2. The van der Waals surface area contributed by atoms with Gasteiger partial charge < -0.3 is 9.64 Å². The molecule has 2 aromatic rings. The number of anilines is 1. The lowest BCUT2D eigenvalue weighted by molar-refractivity contribution is 0.123.